The van der Waals surface area contributed by atoms with Crippen molar-refractivity contribution < 1.29 is 28.3 Å². The molecule has 4 rings (SSSR count). The quantitative estimate of drug-likeness (QED) is 0.0959. The van der Waals surface area contributed by atoms with E-state index in [1.165, 1.54) is 36.4 Å². The number of benzene rings is 3. The molecule has 3 aromatic carbocycles. The molecule has 0 atom stereocenters. The highest BCUT2D eigenvalue weighted by atomic mass is 127. The number of rotatable bonds is 8. The number of nitro benzene ring substituents is 1. The standard InChI is InChI=1S/C25H17ClFIN2O6/c1-2-34-22-11-15(9-20(28)23(22)35-13-14-3-5-16(27)6-4-14)10-21-25(31)36-24(29-21)18-12-17(30(32)33)7-8-19(18)26/h3-12H,2,13H2,1H3/b21-10-. The Balaban J connectivity index is 1.63. The molecule has 0 N–H and O–H groups in total. The van der Waals surface area contributed by atoms with Crippen molar-refractivity contribution >= 4 is 57.8 Å². The van der Waals surface area contributed by atoms with Crippen molar-refractivity contribution in [2.75, 3.05) is 6.61 Å². The van der Waals surface area contributed by atoms with Gasteiger partial charge in [-0.25, -0.2) is 14.2 Å². The van der Waals surface area contributed by atoms with Crippen LogP contribution in [0.3, 0.4) is 0 Å². The second kappa shape index (κ2) is 11.0. The molecule has 1 aliphatic heterocycles. The SMILES string of the molecule is CCOc1cc(/C=C2\N=C(c3cc([N+](=O)[O-])ccc3Cl)OC2=O)cc(I)c1OCc1ccc(F)cc1. The fourth-order valence-corrected chi connectivity index (χ4v) is 4.26. The first kappa shape index (κ1) is 25.6. The summed E-state index contributed by atoms with van der Waals surface area (Å²) in [6.45, 7) is 2.41. The molecule has 184 valence electrons. The van der Waals surface area contributed by atoms with Crippen molar-refractivity contribution in [3.05, 3.63) is 102 Å². The van der Waals surface area contributed by atoms with Gasteiger partial charge in [0.2, 0.25) is 5.90 Å². The molecule has 0 spiro atoms. The molecule has 0 aromatic heterocycles. The van der Waals surface area contributed by atoms with Crippen LogP contribution in [0.5, 0.6) is 11.5 Å². The van der Waals surface area contributed by atoms with Gasteiger partial charge in [0, 0.05) is 12.1 Å². The first-order chi connectivity index (χ1) is 17.2. The van der Waals surface area contributed by atoms with Crippen molar-refractivity contribution in [2.45, 2.75) is 13.5 Å². The summed E-state index contributed by atoms with van der Waals surface area (Å²) in [5, 5.41) is 11.3. The van der Waals surface area contributed by atoms with Gasteiger partial charge in [0.15, 0.2) is 17.2 Å². The van der Waals surface area contributed by atoms with E-state index in [0.717, 1.165) is 5.56 Å². The van der Waals surface area contributed by atoms with Crippen LogP contribution in [0.1, 0.15) is 23.6 Å². The van der Waals surface area contributed by atoms with Gasteiger partial charge < -0.3 is 14.2 Å². The fourth-order valence-electron chi connectivity index (χ4n) is 3.28. The summed E-state index contributed by atoms with van der Waals surface area (Å²) in [5.74, 6) is -0.220. The van der Waals surface area contributed by atoms with E-state index in [0.29, 0.717) is 27.2 Å². The molecule has 0 radical (unpaired) electrons. The van der Waals surface area contributed by atoms with Gasteiger partial charge in [-0.05, 0) is 77.0 Å². The van der Waals surface area contributed by atoms with Crippen LogP contribution >= 0.6 is 34.2 Å². The van der Waals surface area contributed by atoms with Crippen LogP contribution in [0, 0.1) is 19.5 Å². The summed E-state index contributed by atoms with van der Waals surface area (Å²) in [7, 11) is 0. The third kappa shape index (κ3) is 5.82. The summed E-state index contributed by atoms with van der Waals surface area (Å²) >= 11 is 8.24. The number of nitro groups is 1. The lowest BCUT2D eigenvalue weighted by molar-refractivity contribution is -0.384. The van der Waals surface area contributed by atoms with Crippen molar-refractivity contribution in [1.82, 2.24) is 0 Å². The number of hydrogen-bond donors (Lipinski definition) is 0. The van der Waals surface area contributed by atoms with E-state index in [4.69, 9.17) is 25.8 Å². The Hall–Kier alpha value is -3.51. The van der Waals surface area contributed by atoms with Crippen LogP contribution in [0.25, 0.3) is 6.08 Å². The van der Waals surface area contributed by atoms with Gasteiger partial charge in [-0.15, -0.1) is 0 Å². The van der Waals surface area contributed by atoms with Gasteiger partial charge in [0.25, 0.3) is 5.69 Å². The van der Waals surface area contributed by atoms with E-state index < -0.39 is 10.9 Å². The summed E-state index contributed by atoms with van der Waals surface area (Å²) in [6, 6.07) is 13.2. The maximum atomic E-state index is 13.2. The Kier molecular flexibility index (Phi) is 7.85. The van der Waals surface area contributed by atoms with E-state index in [-0.39, 0.29) is 40.3 Å². The van der Waals surface area contributed by atoms with E-state index in [2.05, 4.69) is 27.6 Å². The Morgan fingerprint density at radius 1 is 1.17 bits per heavy atom. The van der Waals surface area contributed by atoms with Crippen molar-refractivity contribution in [3.8, 4) is 11.5 Å². The molecule has 0 amide bonds. The highest BCUT2D eigenvalue weighted by Crippen LogP contribution is 2.36. The molecule has 0 aliphatic carbocycles. The normalized spacial score (nSPS) is 13.9. The number of cyclic esters (lactones) is 1. The number of carbonyl (C=O) groups excluding carboxylic acids is 1. The molecule has 8 nitrogen and oxygen atoms in total. The Morgan fingerprint density at radius 3 is 2.61 bits per heavy atom. The summed E-state index contributed by atoms with van der Waals surface area (Å²) in [4.78, 5) is 27.2. The maximum Gasteiger partial charge on any atom is 0.363 e. The topological polar surface area (TPSA) is 100 Å². The van der Waals surface area contributed by atoms with Crippen molar-refractivity contribution in [3.63, 3.8) is 0 Å². The first-order valence-electron chi connectivity index (χ1n) is 10.6. The Bertz CT molecular complexity index is 1410. The minimum absolute atomic E-state index is 0.00852. The second-order valence-electron chi connectivity index (χ2n) is 7.44. The highest BCUT2D eigenvalue weighted by Gasteiger charge is 2.27. The van der Waals surface area contributed by atoms with Crippen LogP contribution in [0.4, 0.5) is 10.1 Å². The van der Waals surface area contributed by atoms with Gasteiger partial charge in [0.1, 0.15) is 12.4 Å². The largest absolute Gasteiger partial charge is 0.490 e. The molecule has 0 bridgehead atoms. The molecule has 0 fully saturated rings. The van der Waals surface area contributed by atoms with Crippen molar-refractivity contribution in [1.29, 1.82) is 0 Å². The third-order valence-corrected chi connectivity index (χ3v) is 6.07. The summed E-state index contributed by atoms with van der Waals surface area (Å²) < 4.78 is 30.8. The number of non-ortho nitro benzene ring substituents is 1. The van der Waals surface area contributed by atoms with E-state index in [1.54, 1.807) is 24.3 Å². The number of aliphatic imine (C=N–C) groups is 1. The zero-order valence-electron chi connectivity index (χ0n) is 18.7. The van der Waals surface area contributed by atoms with Gasteiger partial charge in [-0.2, -0.15) is 0 Å². The molecule has 1 aliphatic rings. The minimum atomic E-state index is -0.725. The van der Waals surface area contributed by atoms with Gasteiger partial charge in [-0.3, -0.25) is 10.1 Å². The van der Waals surface area contributed by atoms with Crippen molar-refractivity contribution in [2.24, 2.45) is 4.99 Å². The molecule has 0 saturated carbocycles. The van der Waals surface area contributed by atoms with Gasteiger partial charge in [0.05, 0.1) is 25.7 Å². The third-order valence-electron chi connectivity index (χ3n) is 4.94. The molecule has 36 heavy (non-hydrogen) atoms. The van der Waals surface area contributed by atoms with Gasteiger partial charge in [-0.1, -0.05) is 23.7 Å². The average molecular weight is 623 g/mol. The number of carbonyl (C=O) groups is 1. The molecule has 11 heteroatoms. The zero-order chi connectivity index (χ0) is 25.8. The zero-order valence-corrected chi connectivity index (χ0v) is 21.6. The molecule has 0 unspecified atom stereocenters. The van der Waals surface area contributed by atoms with E-state index in [9.17, 15) is 19.3 Å². The Morgan fingerprint density at radius 2 is 1.92 bits per heavy atom. The molecular weight excluding hydrogens is 606 g/mol. The maximum absolute atomic E-state index is 13.2. The van der Waals surface area contributed by atoms with Crippen LogP contribution in [-0.4, -0.2) is 23.4 Å². The molecule has 0 saturated heterocycles. The van der Waals surface area contributed by atoms with E-state index >= 15 is 0 Å². The lowest BCUT2D eigenvalue weighted by Gasteiger charge is -2.15. The van der Waals surface area contributed by atoms with Gasteiger partial charge >= 0.3 is 5.97 Å². The number of esters is 1. The lowest BCUT2D eigenvalue weighted by Crippen LogP contribution is -2.06. The monoisotopic (exact) mass is 622 g/mol. The summed E-state index contributed by atoms with van der Waals surface area (Å²) in [5.41, 5.74) is 1.30. The number of ether oxygens (including phenoxy) is 3. The number of nitrogens with zero attached hydrogens (tertiary/aromatic N) is 2. The lowest BCUT2D eigenvalue weighted by atomic mass is 10.1. The number of halogens is 3. The fraction of sp³-hybridized carbons (Fsp3) is 0.120. The molecule has 3 aromatic rings. The van der Waals surface area contributed by atoms with Crippen LogP contribution < -0.4 is 9.47 Å². The number of hydrogen-bond acceptors (Lipinski definition) is 7. The second-order valence-corrected chi connectivity index (χ2v) is 9.00. The van der Waals surface area contributed by atoms with Crippen LogP contribution in [-0.2, 0) is 16.1 Å². The predicted octanol–water partition coefficient (Wildman–Crippen LogP) is 6.31. The summed E-state index contributed by atoms with van der Waals surface area (Å²) in [6.07, 6.45) is 1.51. The van der Waals surface area contributed by atoms with Crippen LogP contribution in [0.2, 0.25) is 5.02 Å². The minimum Gasteiger partial charge on any atom is -0.490 e. The first-order valence-corrected chi connectivity index (χ1v) is 12.0. The molecule has 1 heterocycles. The molecular formula is C25H17ClFIN2O6. The van der Waals surface area contributed by atoms with Crippen LogP contribution in [0.15, 0.2) is 65.3 Å². The highest BCUT2D eigenvalue weighted by molar-refractivity contribution is 14.1. The smallest absolute Gasteiger partial charge is 0.363 e. The Labute approximate surface area is 223 Å². The van der Waals surface area contributed by atoms with E-state index in [1.807, 2.05) is 6.92 Å². The predicted molar refractivity (Wildman–Crippen MR) is 140 cm³/mol. The average Bonchev–Trinajstić information content (AvgIpc) is 3.19.